The van der Waals surface area contributed by atoms with Gasteiger partial charge in [-0.2, -0.15) is 0 Å². The Balaban J connectivity index is 2.00. The molecule has 2 aromatic heterocycles. The van der Waals surface area contributed by atoms with Crippen molar-refractivity contribution in [3.8, 4) is 0 Å². The van der Waals surface area contributed by atoms with Gasteiger partial charge in [0.1, 0.15) is 5.69 Å². The van der Waals surface area contributed by atoms with Crippen molar-refractivity contribution in [2.24, 2.45) is 0 Å². The molecule has 112 valence electrons. The van der Waals surface area contributed by atoms with E-state index in [2.05, 4.69) is 15.9 Å². The summed E-state index contributed by atoms with van der Waals surface area (Å²) in [4.78, 5) is 24.3. The third kappa shape index (κ3) is 2.57. The zero-order valence-corrected chi connectivity index (χ0v) is 13.3. The Morgan fingerprint density at radius 3 is 2.82 bits per heavy atom. The number of methoxy groups -OCH3 is 1. The van der Waals surface area contributed by atoms with Crippen molar-refractivity contribution < 1.29 is 18.7 Å². The Morgan fingerprint density at radius 1 is 1.27 bits per heavy atom. The van der Waals surface area contributed by atoms with E-state index in [1.54, 1.807) is 34.9 Å². The lowest BCUT2D eigenvalue weighted by Gasteiger charge is -2.08. The van der Waals surface area contributed by atoms with Gasteiger partial charge in [-0.25, -0.2) is 4.79 Å². The summed E-state index contributed by atoms with van der Waals surface area (Å²) in [6.45, 7) is 0.0317. The molecule has 0 saturated heterocycles. The van der Waals surface area contributed by atoms with Crippen molar-refractivity contribution in [1.82, 2.24) is 4.57 Å². The van der Waals surface area contributed by atoms with E-state index in [9.17, 15) is 9.59 Å². The topological polar surface area (TPSA) is 61.4 Å². The summed E-state index contributed by atoms with van der Waals surface area (Å²) < 4.78 is 12.5. The van der Waals surface area contributed by atoms with Crippen molar-refractivity contribution >= 4 is 38.8 Å². The van der Waals surface area contributed by atoms with Crippen molar-refractivity contribution in [1.29, 1.82) is 0 Å². The SMILES string of the molecule is COC(=O)c1cc2occc2n1CC(=O)c1cccc(Br)c1. The summed E-state index contributed by atoms with van der Waals surface area (Å²) in [6.07, 6.45) is 1.52. The van der Waals surface area contributed by atoms with Crippen LogP contribution in [0.15, 0.2) is 51.6 Å². The number of aromatic nitrogens is 1. The molecule has 0 unspecified atom stereocenters. The molecule has 0 aliphatic rings. The zero-order chi connectivity index (χ0) is 15.7. The minimum atomic E-state index is -0.506. The number of hydrogen-bond acceptors (Lipinski definition) is 4. The van der Waals surface area contributed by atoms with E-state index in [-0.39, 0.29) is 12.3 Å². The first kappa shape index (κ1) is 14.6. The van der Waals surface area contributed by atoms with Crippen LogP contribution >= 0.6 is 15.9 Å². The number of halogens is 1. The highest BCUT2D eigenvalue weighted by Crippen LogP contribution is 2.22. The van der Waals surface area contributed by atoms with Gasteiger partial charge in [-0.05, 0) is 12.1 Å². The van der Waals surface area contributed by atoms with Crippen LogP contribution in [0.1, 0.15) is 20.8 Å². The van der Waals surface area contributed by atoms with Crippen LogP contribution in [-0.2, 0) is 11.3 Å². The van der Waals surface area contributed by atoms with Crippen LogP contribution in [-0.4, -0.2) is 23.4 Å². The fourth-order valence-electron chi connectivity index (χ4n) is 2.32. The van der Waals surface area contributed by atoms with Crippen LogP contribution in [0.4, 0.5) is 0 Å². The van der Waals surface area contributed by atoms with E-state index in [1.807, 2.05) is 6.07 Å². The molecule has 0 radical (unpaired) electrons. The standard InChI is InChI=1S/C16H12BrNO4/c1-21-16(20)13-8-15-12(5-6-22-15)18(13)9-14(19)10-3-2-4-11(17)7-10/h2-8H,9H2,1H3. The first-order valence-electron chi connectivity index (χ1n) is 6.54. The summed E-state index contributed by atoms with van der Waals surface area (Å²) in [5, 5.41) is 0. The third-order valence-electron chi connectivity index (χ3n) is 3.37. The molecule has 0 atom stereocenters. The molecule has 0 N–H and O–H groups in total. The summed E-state index contributed by atoms with van der Waals surface area (Å²) in [7, 11) is 1.30. The Morgan fingerprint density at radius 2 is 2.09 bits per heavy atom. The normalized spacial score (nSPS) is 10.8. The number of fused-ring (bicyclic) bond motifs is 1. The highest BCUT2D eigenvalue weighted by Gasteiger charge is 2.20. The summed E-state index contributed by atoms with van der Waals surface area (Å²) in [5.41, 5.74) is 2.09. The molecule has 2 heterocycles. The second kappa shape index (κ2) is 5.81. The Hall–Kier alpha value is -2.34. The van der Waals surface area contributed by atoms with E-state index < -0.39 is 5.97 Å². The Labute approximate surface area is 134 Å². The number of benzene rings is 1. The molecule has 3 rings (SSSR count). The quantitative estimate of drug-likeness (QED) is 0.525. The molecular formula is C16H12BrNO4. The van der Waals surface area contributed by atoms with Crippen LogP contribution in [0.25, 0.3) is 11.1 Å². The molecule has 3 aromatic rings. The van der Waals surface area contributed by atoms with Gasteiger partial charge < -0.3 is 13.7 Å². The molecule has 0 fully saturated rings. The number of hydrogen-bond donors (Lipinski definition) is 0. The lowest BCUT2D eigenvalue weighted by molar-refractivity contribution is 0.0589. The average molecular weight is 362 g/mol. The number of nitrogens with zero attached hydrogens (tertiary/aromatic N) is 1. The van der Waals surface area contributed by atoms with Gasteiger partial charge in [-0.1, -0.05) is 28.1 Å². The zero-order valence-electron chi connectivity index (χ0n) is 11.7. The number of carbonyl (C=O) groups is 2. The van der Waals surface area contributed by atoms with Crippen molar-refractivity contribution in [3.05, 3.63) is 58.4 Å². The average Bonchev–Trinajstić information content (AvgIpc) is 3.09. The number of ketones is 1. The first-order valence-corrected chi connectivity index (χ1v) is 7.33. The lowest BCUT2D eigenvalue weighted by atomic mass is 10.1. The fourth-order valence-corrected chi connectivity index (χ4v) is 2.72. The smallest absolute Gasteiger partial charge is 0.354 e. The molecule has 0 bridgehead atoms. The van der Waals surface area contributed by atoms with Gasteiger partial charge >= 0.3 is 5.97 Å². The van der Waals surface area contributed by atoms with Gasteiger partial charge in [0.2, 0.25) is 0 Å². The maximum Gasteiger partial charge on any atom is 0.354 e. The maximum absolute atomic E-state index is 12.5. The number of carbonyl (C=O) groups excluding carboxylic acids is 2. The number of furan rings is 1. The van der Waals surface area contributed by atoms with Gasteiger partial charge in [0.05, 0.1) is 25.4 Å². The van der Waals surface area contributed by atoms with Crippen molar-refractivity contribution in [2.75, 3.05) is 7.11 Å². The van der Waals surface area contributed by atoms with Gasteiger partial charge in [-0.15, -0.1) is 0 Å². The highest BCUT2D eigenvalue weighted by molar-refractivity contribution is 9.10. The molecule has 0 spiro atoms. The maximum atomic E-state index is 12.5. The Kier molecular flexibility index (Phi) is 3.85. The number of esters is 1. The highest BCUT2D eigenvalue weighted by atomic mass is 79.9. The molecule has 0 amide bonds. The monoisotopic (exact) mass is 361 g/mol. The fraction of sp³-hybridized carbons (Fsp3) is 0.125. The number of ether oxygens (including phenoxy) is 1. The first-order chi connectivity index (χ1) is 10.6. The van der Waals surface area contributed by atoms with E-state index in [0.29, 0.717) is 22.4 Å². The van der Waals surface area contributed by atoms with E-state index >= 15 is 0 Å². The molecule has 0 aliphatic heterocycles. The van der Waals surface area contributed by atoms with Crippen LogP contribution in [0.3, 0.4) is 0 Å². The largest absolute Gasteiger partial charge is 0.464 e. The van der Waals surface area contributed by atoms with Crippen LogP contribution in [0.2, 0.25) is 0 Å². The molecule has 5 nitrogen and oxygen atoms in total. The second-order valence-corrected chi connectivity index (χ2v) is 5.63. The summed E-state index contributed by atoms with van der Waals surface area (Å²) in [5.74, 6) is -0.612. The third-order valence-corrected chi connectivity index (χ3v) is 3.86. The minimum absolute atomic E-state index is 0.0317. The number of Topliss-reactive ketones (excluding diaryl/α,β-unsaturated/α-hetero) is 1. The van der Waals surface area contributed by atoms with Crippen LogP contribution in [0, 0.1) is 0 Å². The molecule has 0 saturated carbocycles. The van der Waals surface area contributed by atoms with Crippen molar-refractivity contribution in [2.45, 2.75) is 6.54 Å². The minimum Gasteiger partial charge on any atom is -0.464 e. The second-order valence-electron chi connectivity index (χ2n) is 4.71. The molecule has 22 heavy (non-hydrogen) atoms. The predicted molar refractivity (Wildman–Crippen MR) is 84.0 cm³/mol. The summed E-state index contributed by atoms with van der Waals surface area (Å²) in [6, 6.07) is 10.4. The van der Waals surface area contributed by atoms with Crippen LogP contribution < -0.4 is 0 Å². The van der Waals surface area contributed by atoms with E-state index in [4.69, 9.17) is 9.15 Å². The van der Waals surface area contributed by atoms with Gasteiger partial charge in [0, 0.05) is 22.2 Å². The lowest BCUT2D eigenvalue weighted by Crippen LogP contribution is -2.16. The predicted octanol–water partition coefficient (Wildman–Crippen LogP) is 3.67. The molecular weight excluding hydrogens is 350 g/mol. The number of rotatable bonds is 4. The van der Waals surface area contributed by atoms with Gasteiger partial charge in [0.25, 0.3) is 0 Å². The van der Waals surface area contributed by atoms with Gasteiger partial charge in [0.15, 0.2) is 11.4 Å². The van der Waals surface area contributed by atoms with Crippen LogP contribution in [0.5, 0.6) is 0 Å². The van der Waals surface area contributed by atoms with E-state index in [0.717, 1.165) is 4.47 Å². The van der Waals surface area contributed by atoms with Gasteiger partial charge in [-0.3, -0.25) is 4.79 Å². The van der Waals surface area contributed by atoms with E-state index in [1.165, 1.54) is 13.4 Å². The molecule has 0 aliphatic carbocycles. The molecule has 1 aromatic carbocycles. The van der Waals surface area contributed by atoms with Crippen molar-refractivity contribution in [3.63, 3.8) is 0 Å². The Bertz CT molecular complexity index is 862. The molecule has 6 heteroatoms. The summed E-state index contributed by atoms with van der Waals surface area (Å²) >= 11 is 3.34.